The summed E-state index contributed by atoms with van der Waals surface area (Å²) in [5.74, 6) is -0.223. The van der Waals surface area contributed by atoms with E-state index in [0.717, 1.165) is 57.2 Å². The van der Waals surface area contributed by atoms with Gasteiger partial charge in [0.15, 0.2) is 5.16 Å². The van der Waals surface area contributed by atoms with Crippen molar-refractivity contribution in [2.24, 2.45) is 34.0 Å². The van der Waals surface area contributed by atoms with Gasteiger partial charge in [0.05, 0.1) is 23.8 Å². The lowest BCUT2D eigenvalue weighted by atomic mass is 9.44. The second-order valence-electron chi connectivity index (χ2n) is 14.5. The Morgan fingerprint density at radius 2 is 2.00 bits per heavy atom. The zero-order valence-electron chi connectivity index (χ0n) is 27.4. The standard InChI is InChI=1S/C34H48N6O5S/c1-6-32(4)17-24(33(5)20(2)7-10-34(21(3)28(32)44)11-8-23(41)27(33)34)45-26(43)19-46-31-38-29-22(9-12-36-29)30(39-31)37-25(42)18-40-15-13-35-14-16-40/h6,9,12,20-21,24,27-28,35,44H,1,7-8,10-11,13-19H2,2-5H3,(H2,36,37,38,39,42)/t20-,21+,24-,27+,28+,32-,33+,34+/m1/s1. The predicted octanol–water partition coefficient (Wildman–Crippen LogP) is 3.80. The smallest absolute Gasteiger partial charge is 0.316 e. The van der Waals surface area contributed by atoms with Gasteiger partial charge in [-0.1, -0.05) is 45.5 Å². The van der Waals surface area contributed by atoms with E-state index in [-0.39, 0.29) is 47.2 Å². The fourth-order valence-electron chi connectivity index (χ4n) is 9.14. The number of ketones is 1. The van der Waals surface area contributed by atoms with Crippen LogP contribution in [0, 0.1) is 34.0 Å². The van der Waals surface area contributed by atoms with Crippen LogP contribution in [0.4, 0.5) is 5.82 Å². The number of carbonyl (C=O) groups is 3. The Labute approximate surface area is 275 Å². The molecule has 3 heterocycles. The lowest BCUT2D eigenvalue weighted by molar-refractivity contribution is -0.205. The summed E-state index contributed by atoms with van der Waals surface area (Å²) < 4.78 is 6.38. The molecule has 1 aliphatic heterocycles. The Balaban J connectivity index is 1.21. The molecule has 46 heavy (non-hydrogen) atoms. The largest absolute Gasteiger partial charge is 0.461 e. The average molecular weight is 653 g/mol. The summed E-state index contributed by atoms with van der Waals surface area (Å²) in [7, 11) is 0. The van der Waals surface area contributed by atoms with Crippen molar-refractivity contribution >= 4 is 46.3 Å². The van der Waals surface area contributed by atoms with E-state index in [1.165, 1.54) is 0 Å². The number of Topliss-reactive ketones (excluding diaryl/α,β-unsaturated/α-hetero) is 1. The molecule has 0 spiro atoms. The number of fused-ring (bicyclic) bond motifs is 1. The number of nitrogens with one attached hydrogen (secondary N) is 3. The van der Waals surface area contributed by atoms with Gasteiger partial charge in [-0.2, -0.15) is 0 Å². The highest BCUT2D eigenvalue weighted by molar-refractivity contribution is 7.99. The van der Waals surface area contributed by atoms with E-state index in [1.54, 1.807) is 12.3 Å². The van der Waals surface area contributed by atoms with Gasteiger partial charge in [0.2, 0.25) is 5.91 Å². The Morgan fingerprint density at radius 1 is 1.24 bits per heavy atom. The highest BCUT2D eigenvalue weighted by Gasteiger charge is 2.68. The number of aliphatic hydroxyl groups is 1. The van der Waals surface area contributed by atoms with Gasteiger partial charge in [-0.25, -0.2) is 9.97 Å². The molecule has 0 radical (unpaired) electrons. The second kappa shape index (κ2) is 12.7. The number of amides is 1. The third kappa shape index (κ3) is 5.69. The quantitative estimate of drug-likeness (QED) is 0.144. The third-order valence-corrected chi connectivity index (χ3v) is 12.9. The maximum absolute atomic E-state index is 13.7. The Kier molecular flexibility index (Phi) is 9.12. The molecule has 1 saturated heterocycles. The summed E-state index contributed by atoms with van der Waals surface area (Å²) in [5.41, 5.74) is -1.04. The van der Waals surface area contributed by atoms with Crippen LogP contribution in [0.1, 0.15) is 59.8 Å². The summed E-state index contributed by atoms with van der Waals surface area (Å²) in [4.78, 5) is 54.6. The molecule has 2 aromatic heterocycles. The van der Waals surface area contributed by atoms with Crippen molar-refractivity contribution in [3.63, 3.8) is 0 Å². The Bertz CT molecular complexity index is 1510. The fraction of sp³-hybridized carbons (Fsp3) is 0.676. The summed E-state index contributed by atoms with van der Waals surface area (Å²) in [6.07, 6.45) is 5.68. The van der Waals surface area contributed by atoms with Crippen molar-refractivity contribution in [2.45, 2.75) is 77.2 Å². The Hall–Kier alpha value is -2.80. The summed E-state index contributed by atoms with van der Waals surface area (Å²) >= 11 is 1.15. The third-order valence-electron chi connectivity index (χ3n) is 12.1. The van der Waals surface area contributed by atoms with Crippen molar-refractivity contribution in [1.29, 1.82) is 0 Å². The number of nitrogens with zero attached hydrogens (tertiary/aromatic N) is 3. The highest BCUT2D eigenvalue weighted by atomic mass is 32.2. The fourth-order valence-corrected chi connectivity index (χ4v) is 9.77. The number of rotatable bonds is 8. The van der Waals surface area contributed by atoms with Crippen LogP contribution in [0.3, 0.4) is 0 Å². The molecule has 4 fully saturated rings. The summed E-state index contributed by atoms with van der Waals surface area (Å²) in [5, 5.41) is 19.0. The number of H-pyrrole nitrogens is 1. The summed E-state index contributed by atoms with van der Waals surface area (Å²) in [6, 6.07) is 1.81. The molecule has 8 atom stereocenters. The minimum absolute atomic E-state index is 0.0468. The molecule has 4 aliphatic rings. The van der Waals surface area contributed by atoms with E-state index in [2.05, 4.69) is 57.8 Å². The predicted molar refractivity (Wildman–Crippen MR) is 177 cm³/mol. The van der Waals surface area contributed by atoms with E-state index in [1.807, 2.05) is 13.0 Å². The van der Waals surface area contributed by atoms with Gasteiger partial charge in [0.25, 0.3) is 0 Å². The van der Waals surface area contributed by atoms with Gasteiger partial charge in [-0.15, -0.1) is 6.58 Å². The van der Waals surface area contributed by atoms with E-state index in [4.69, 9.17) is 4.74 Å². The number of hydrogen-bond acceptors (Lipinski definition) is 10. The monoisotopic (exact) mass is 652 g/mol. The molecule has 3 aliphatic carbocycles. The van der Waals surface area contributed by atoms with Crippen LogP contribution in [0.15, 0.2) is 30.1 Å². The highest BCUT2D eigenvalue weighted by Crippen LogP contribution is 2.68. The number of anilines is 1. The average Bonchev–Trinajstić information content (AvgIpc) is 3.66. The van der Waals surface area contributed by atoms with Crippen LogP contribution in [0.2, 0.25) is 0 Å². The minimum atomic E-state index is -0.715. The first-order valence-electron chi connectivity index (χ1n) is 16.7. The molecular formula is C34H48N6O5S. The number of piperazine rings is 1. The van der Waals surface area contributed by atoms with Crippen LogP contribution < -0.4 is 10.6 Å². The van der Waals surface area contributed by atoms with Crippen molar-refractivity contribution in [3.8, 4) is 0 Å². The van der Waals surface area contributed by atoms with Crippen LogP contribution in [0.5, 0.6) is 0 Å². The molecule has 3 saturated carbocycles. The first-order chi connectivity index (χ1) is 21.9. The molecule has 2 aromatic rings. The normalized spacial score (nSPS) is 36.5. The van der Waals surface area contributed by atoms with E-state index in [0.29, 0.717) is 34.8 Å². The number of aromatic amines is 1. The van der Waals surface area contributed by atoms with Crippen molar-refractivity contribution in [2.75, 3.05) is 43.8 Å². The zero-order chi connectivity index (χ0) is 32.9. The van der Waals surface area contributed by atoms with Gasteiger partial charge in [-0.3, -0.25) is 19.3 Å². The number of carbonyl (C=O) groups excluding carboxylic acids is 3. The topological polar surface area (TPSA) is 150 Å². The van der Waals surface area contributed by atoms with E-state index in [9.17, 15) is 19.5 Å². The lowest BCUT2D eigenvalue weighted by Crippen LogP contribution is -2.63. The van der Waals surface area contributed by atoms with Gasteiger partial charge < -0.3 is 25.5 Å². The first-order valence-corrected chi connectivity index (χ1v) is 17.6. The molecule has 1 amide bonds. The number of aromatic nitrogens is 3. The van der Waals surface area contributed by atoms with E-state index < -0.39 is 29.0 Å². The van der Waals surface area contributed by atoms with Crippen molar-refractivity contribution < 1.29 is 24.2 Å². The molecule has 0 aromatic carbocycles. The van der Waals surface area contributed by atoms with Crippen LogP contribution in [-0.2, 0) is 19.1 Å². The molecule has 11 nitrogen and oxygen atoms in total. The van der Waals surface area contributed by atoms with Gasteiger partial charge in [0, 0.05) is 55.5 Å². The maximum Gasteiger partial charge on any atom is 0.316 e. The van der Waals surface area contributed by atoms with Gasteiger partial charge in [0.1, 0.15) is 23.4 Å². The lowest BCUT2D eigenvalue weighted by Gasteiger charge is -2.61. The van der Waals surface area contributed by atoms with Crippen LogP contribution >= 0.6 is 11.8 Å². The molecular weight excluding hydrogens is 604 g/mol. The first kappa shape index (κ1) is 33.1. The van der Waals surface area contributed by atoms with Crippen LogP contribution in [0.25, 0.3) is 11.0 Å². The second-order valence-corrected chi connectivity index (χ2v) is 15.5. The van der Waals surface area contributed by atoms with E-state index >= 15 is 0 Å². The number of esters is 1. The van der Waals surface area contributed by atoms with Crippen molar-refractivity contribution in [3.05, 3.63) is 24.9 Å². The molecule has 2 bridgehead atoms. The van der Waals surface area contributed by atoms with Gasteiger partial charge in [-0.05, 0) is 49.0 Å². The summed E-state index contributed by atoms with van der Waals surface area (Å²) in [6.45, 7) is 16.1. The van der Waals surface area contributed by atoms with Crippen LogP contribution in [-0.4, -0.2) is 93.3 Å². The van der Waals surface area contributed by atoms with Gasteiger partial charge >= 0.3 is 5.97 Å². The molecule has 250 valence electrons. The number of thioether (sulfide) groups is 1. The molecule has 0 unspecified atom stereocenters. The zero-order valence-corrected chi connectivity index (χ0v) is 28.3. The molecule has 4 N–H and O–H groups in total. The number of hydrogen-bond donors (Lipinski definition) is 4. The number of ether oxygens (including phenoxy) is 1. The molecule has 6 rings (SSSR count). The SMILES string of the molecule is C=C[C@]1(C)C[C@@H](OC(=O)CSc2nc(NC(=O)CN3CCNCC3)c3cc[nH]c3n2)[C@]2(C)[C@H](C)CC[C@]3(CCC(=O)[C@H]32)[C@@H](C)[C@@H]1O. The Morgan fingerprint density at radius 3 is 2.74 bits per heavy atom. The van der Waals surface area contributed by atoms with Crippen molar-refractivity contribution in [1.82, 2.24) is 25.2 Å². The minimum Gasteiger partial charge on any atom is -0.461 e. The number of aliphatic hydroxyl groups excluding tert-OH is 1. The maximum atomic E-state index is 13.7. The molecule has 12 heteroatoms.